The molecule has 2 aromatic rings. The molecule has 0 fully saturated rings. The summed E-state index contributed by atoms with van der Waals surface area (Å²) in [6, 6.07) is 12.4. The number of nitriles is 1. The third-order valence-electron chi connectivity index (χ3n) is 3.55. The van der Waals surface area contributed by atoms with E-state index in [9.17, 15) is 10.1 Å². The summed E-state index contributed by atoms with van der Waals surface area (Å²) in [6.07, 6.45) is 0. The summed E-state index contributed by atoms with van der Waals surface area (Å²) in [7, 11) is 0. The van der Waals surface area contributed by atoms with E-state index in [1.165, 1.54) is 0 Å². The number of ketones is 1. The lowest BCUT2D eigenvalue weighted by atomic mass is 9.88. The molecule has 2 rings (SSSR count). The molecule has 0 saturated heterocycles. The van der Waals surface area contributed by atoms with Gasteiger partial charge in [-0.1, -0.05) is 47.5 Å². The van der Waals surface area contributed by atoms with Crippen LogP contribution in [0.5, 0.6) is 0 Å². The highest BCUT2D eigenvalue weighted by Crippen LogP contribution is 2.34. The van der Waals surface area contributed by atoms with Crippen molar-refractivity contribution >= 4 is 29.0 Å². The lowest BCUT2D eigenvalue weighted by molar-refractivity contribution is 0.0978. The lowest BCUT2D eigenvalue weighted by Gasteiger charge is -2.14. The Morgan fingerprint density at radius 2 is 1.67 bits per heavy atom. The van der Waals surface area contributed by atoms with Crippen LogP contribution in [0.3, 0.4) is 0 Å². The Morgan fingerprint density at radius 3 is 2.24 bits per heavy atom. The van der Waals surface area contributed by atoms with Crippen molar-refractivity contribution < 1.29 is 4.79 Å². The monoisotopic (exact) mass is 317 g/mol. The van der Waals surface area contributed by atoms with Gasteiger partial charge >= 0.3 is 0 Å². The number of rotatable bonds is 3. The van der Waals surface area contributed by atoms with Crippen molar-refractivity contribution in [1.82, 2.24) is 0 Å². The number of nitrogens with zero attached hydrogens (tertiary/aromatic N) is 1. The van der Waals surface area contributed by atoms with Gasteiger partial charge < -0.3 is 0 Å². The van der Waals surface area contributed by atoms with E-state index in [-0.39, 0.29) is 5.78 Å². The molecular weight excluding hydrogens is 305 g/mol. The van der Waals surface area contributed by atoms with Crippen LogP contribution >= 0.6 is 23.2 Å². The molecule has 106 valence electrons. The van der Waals surface area contributed by atoms with Crippen LogP contribution < -0.4 is 0 Å². The van der Waals surface area contributed by atoms with E-state index in [0.29, 0.717) is 21.2 Å². The maximum atomic E-state index is 12.7. The number of benzene rings is 2. The van der Waals surface area contributed by atoms with Gasteiger partial charge in [0.2, 0.25) is 0 Å². The predicted octanol–water partition coefficient (Wildman–Crippen LogP) is 5.10. The number of aryl methyl sites for hydroxylation is 1. The zero-order valence-corrected chi connectivity index (χ0v) is 13.2. The van der Waals surface area contributed by atoms with E-state index >= 15 is 0 Å². The fourth-order valence-electron chi connectivity index (χ4n) is 2.21. The number of carbonyl (C=O) groups excluding carboxylic acids is 1. The number of hydrogen-bond acceptors (Lipinski definition) is 2. The molecule has 0 aliphatic rings. The zero-order valence-electron chi connectivity index (χ0n) is 11.7. The van der Waals surface area contributed by atoms with Gasteiger partial charge in [0.05, 0.1) is 6.07 Å². The van der Waals surface area contributed by atoms with Gasteiger partial charge in [0.25, 0.3) is 0 Å². The lowest BCUT2D eigenvalue weighted by Crippen LogP contribution is -2.14. The summed E-state index contributed by atoms with van der Waals surface area (Å²) in [6.45, 7) is 3.79. The minimum Gasteiger partial charge on any atom is -0.292 e. The second-order valence-electron chi connectivity index (χ2n) is 4.81. The third kappa shape index (κ3) is 2.95. The topological polar surface area (TPSA) is 40.9 Å². The Kier molecular flexibility index (Phi) is 4.67. The smallest absolute Gasteiger partial charge is 0.184 e. The van der Waals surface area contributed by atoms with Crippen LogP contribution in [0.25, 0.3) is 0 Å². The molecule has 0 heterocycles. The molecule has 1 unspecified atom stereocenters. The molecule has 1 atom stereocenters. The number of carbonyl (C=O) groups is 1. The summed E-state index contributed by atoms with van der Waals surface area (Å²) in [5.74, 6) is -1.29. The van der Waals surface area contributed by atoms with Crippen molar-refractivity contribution in [3.05, 3.63) is 68.7 Å². The molecule has 0 spiro atoms. The fourth-order valence-corrected chi connectivity index (χ4v) is 2.83. The van der Waals surface area contributed by atoms with Gasteiger partial charge in [-0.3, -0.25) is 4.79 Å². The van der Waals surface area contributed by atoms with E-state index in [4.69, 9.17) is 23.2 Å². The van der Waals surface area contributed by atoms with Gasteiger partial charge in [0.1, 0.15) is 5.92 Å². The minimum absolute atomic E-state index is 0.284. The number of Topliss-reactive ketones (excluding diaryl/α,β-unsaturated/α-hetero) is 1. The highest BCUT2D eigenvalue weighted by molar-refractivity contribution is 6.36. The first-order chi connectivity index (χ1) is 9.97. The second kappa shape index (κ2) is 6.30. The van der Waals surface area contributed by atoms with E-state index in [1.807, 2.05) is 26.0 Å². The Balaban J connectivity index is 2.55. The van der Waals surface area contributed by atoms with Crippen LogP contribution in [-0.4, -0.2) is 5.78 Å². The first-order valence-electron chi connectivity index (χ1n) is 6.41. The molecule has 0 N–H and O–H groups in total. The van der Waals surface area contributed by atoms with Crippen LogP contribution in [0.15, 0.2) is 36.4 Å². The first-order valence-corrected chi connectivity index (χ1v) is 7.17. The van der Waals surface area contributed by atoms with Crippen molar-refractivity contribution in [3.8, 4) is 6.07 Å². The highest BCUT2D eigenvalue weighted by atomic mass is 35.5. The second-order valence-corrected chi connectivity index (χ2v) is 5.62. The molecule has 0 aliphatic heterocycles. The molecule has 0 amide bonds. The Labute approximate surface area is 133 Å². The molecule has 0 saturated carbocycles. The highest BCUT2D eigenvalue weighted by Gasteiger charge is 2.27. The molecular formula is C17H13Cl2NO. The quantitative estimate of drug-likeness (QED) is 0.739. The van der Waals surface area contributed by atoms with Gasteiger partial charge in [-0.15, -0.1) is 0 Å². The van der Waals surface area contributed by atoms with Crippen molar-refractivity contribution in [3.63, 3.8) is 0 Å². The van der Waals surface area contributed by atoms with Gasteiger partial charge in [0, 0.05) is 21.2 Å². The summed E-state index contributed by atoms with van der Waals surface area (Å²) in [4.78, 5) is 12.7. The van der Waals surface area contributed by atoms with Crippen LogP contribution in [0.4, 0.5) is 0 Å². The van der Waals surface area contributed by atoms with Crippen molar-refractivity contribution in [1.29, 1.82) is 5.26 Å². The molecule has 0 aliphatic carbocycles. The van der Waals surface area contributed by atoms with Crippen molar-refractivity contribution in [2.45, 2.75) is 19.8 Å². The number of hydrogen-bond donors (Lipinski definition) is 0. The SMILES string of the molecule is Cc1cccc(C(=O)C(C#N)c2c(Cl)cccc2Cl)c1C. The van der Waals surface area contributed by atoms with E-state index < -0.39 is 5.92 Å². The van der Waals surface area contributed by atoms with Crippen molar-refractivity contribution in [2.24, 2.45) is 0 Å². The third-order valence-corrected chi connectivity index (χ3v) is 4.21. The average Bonchev–Trinajstić information content (AvgIpc) is 2.45. The van der Waals surface area contributed by atoms with E-state index in [1.54, 1.807) is 30.3 Å². The van der Waals surface area contributed by atoms with Gasteiger partial charge in [-0.05, 0) is 37.1 Å². The standard InChI is InChI=1S/C17H13Cl2NO/c1-10-5-3-6-12(11(10)2)17(21)13(9-20)16-14(18)7-4-8-15(16)19/h3-8,13H,1-2H3. The van der Waals surface area contributed by atoms with Crippen molar-refractivity contribution in [2.75, 3.05) is 0 Å². The normalized spacial score (nSPS) is 11.8. The Bertz CT molecular complexity index is 727. The molecule has 0 radical (unpaired) electrons. The Morgan fingerprint density at radius 1 is 1.10 bits per heavy atom. The number of halogens is 2. The maximum Gasteiger partial charge on any atom is 0.184 e. The predicted molar refractivity (Wildman–Crippen MR) is 85.1 cm³/mol. The van der Waals surface area contributed by atoms with E-state index in [2.05, 4.69) is 0 Å². The van der Waals surface area contributed by atoms with Crippen LogP contribution in [0.1, 0.15) is 33.0 Å². The maximum absolute atomic E-state index is 12.7. The molecule has 2 aromatic carbocycles. The van der Waals surface area contributed by atoms with Gasteiger partial charge in [-0.25, -0.2) is 0 Å². The molecule has 0 bridgehead atoms. The van der Waals surface area contributed by atoms with Gasteiger partial charge in [0.15, 0.2) is 5.78 Å². The summed E-state index contributed by atoms with van der Waals surface area (Å²) in [5.41, 5.74) is 2.76. The molecule has 2 nitrogen and oxygen atoms in total. The zero-order chi connectivity index (χ0) is 15.6. The van der Waals surface area contributed by atoms with Gasteiger partial charge in [-0.2, -0.15) is 5.26 Å². The molecule has 0 aromatic heterocycles. The summed E-state index contributed by atoms with van der Waals surface area (Å²) >= 11 is 12.2. The fraction of sp³-hybridized carbons (Fsp3) is 0.176. The van der Waals surface area contributed by atoms with Crippen LogP contribution in [0, 0.1) is 25.2 Å². The Hall–Kier alpha value is -1.82. The first kappa shape index (κ1) is 15.6. The summed E-state index contributed by atoms with van der Waals surface area (Å²) in [5, 5.41) is 10.1. The van der Waals surface area contributed by atoms with E-state index in [0.717, 1.165) is 11.1 Å². The minimum atomic E-state index is -1.01. The van der Waals surface area contributed by atoms with Crippen LogP contribution in [-0.2, 0) is 0 Å². The summed E-state index contributed by atoms with van der Waals surface area (Å²) < 4.78 is 0. The largest absolute Gasteiger partial charge is 0.292 e. The molecule has 4 heteroatoms. The molecule has 21 heavy (non-hydrogen) atoms. The van der Waals surface area contributed by atoms with Crippen LogP contribution in [0.2, 0.25) is 10.0 Å². The average molecular weight is 318 g/mol.